The van der Waals surface area contributed by atoms with Crippen molar-refractivity contribution < 1.29 is 4.79 Å². The van der Waals surface area contributed by atoms with Crippen LogP contribution in [0.15, 0.2) is 58.6 Å². The second-order valence-electron chi connectivity index (χ2n) is 4.21. The van der Waals surface area contributed by atoms with Crippen molar-refractivity contribution in [3.63, 3.8) is 0 Å². The highest BCUT2D eigenvalue weighted by molar-refractivity contribution is 9.10. The Labute approximate surface area is 134 Å². The van der Waals surface area contributed by atoms with E-state index in [9.17, 15) is 4.79 Å². The molecule has 3 rings (SSSR count). The Morgan fingerprint density at radius 2 is 1.90 bits per heavy atom. The van der Waals surface area contributed by atoms with Gasteiger partial charge in [-0.1, -0.05) is 30.3 Å². The fourth-order valence-corrected chi connectivity index (χ4v) is 2.77. The van der Waals surface area contributed by atoms with E-state index in [1.807, 2.05) is 36.4 Å². The summed E-state index contributed by atoms with van der Waals surface area (Å²) in [5, 5.41) is 2.78. The highest BCUT2D eigenvalue weighted by atomic mass is 79.9. The maximum Gasteiger partial charge on any atom is 0.269 e. The molecular weight excluding hydrogens is 350 g/mol. The third kappa shape index (κ3) is 3.17. The summed E-state index contributed by atoms with van der Waals surface area (Å²) in [7, 11) is 0. The molecule has 4 nitrogen and oxygen atoms in total. The van der Waals surface area contributed by atoms with Gasteiger partial charge in [0.05, 0.1) is 11.2 Å². The van der Waals surface area contributed by atoms with Gasteiger partial charge in [0, 0.05) is 16.2 Å². The van der Waals surface area contributed by atoms with Crippen LogP contribution in [0.2, 0.25) is 0 Å². The van der Waals surface area contributed by atoms with Gasteiger partial charge in [0.15, 0.2) is 0 Å². The van der Waals surface area contributed by atoms with Crippen molar-refractivity contribution in [2.24, 2.45) is 0 Å². The van der Waals surface area contributed by atoms with Crippen LogP contribution >= 0.6 is 27.3 Å². The molecule has 0 bridgehead atoms. The van der Waals surface area contributed by atoms with Gasteiger partial charge < -0.3 is 5.32 Å². The van der Waals surface area contributed by atoms with E-state index in [4.69, 9.17) is 0 Å². The van der Waals surface area contributed by atoms with E-state index < -0.39 is 0 Å². The van der Waals surface area contributed by atoms with Gasteiger partial charge in [-0.05, 0) is 28.1 Å². The SMILES string of the molecule is O=C(Nc1ccc(Br)cn1)c1scnc1-c1ccccc1. The smallest absolute Gasteiger partial charge is 0.269 e. The predicted octanol–water partition coefficient (Wildman–Crippen LogP) is 4.22. The van der Waals surface area contributed by atoms with E-state index in [1.165, 1.54) is 11.3 Å². The Balaban J connectivity index is 1.86. The van der Waals surface area contributed by atoms with Crippen LogP contribution in [0.4, 0.5) is 5.82 Å². The van der Waals surface area contributed by atoms with Crippen LogP contribution in [-0.2, 0) is 0 Å². The summed E-state index contributed by atoms with van der Waals surface area (Å²) in [6.45, 7) is 0. The summed E-state index contributed by atoms with van der Waals surface area (Å²) in [5.41, 5.74) is 3.29. The fraction of sp³-hybridized carbons (Fsp3) is 0. The monoisotopic (exact) mass is 359 g/mol. The zero-order valence-corrected chi connectivity index (χ0v) is 13.2. The van der Waals surface area contributed by atoms with Crippen molar-refractivity contribution in [1.82, 2.24) is 9.97 Å². The van der Waals surface area contributed by atoms with Crippen LogP contribution in [0.3, 0.4) is 0 Å². The number of halogens is 1. The number of hydrogen-bond donors (Lipinski definition) is 1. The van der Waals surface area contributed by atoms with Gasteiger partial charge >= 0.3 is 0 Å². The van der Waals surface area contributed by atoms with Crippen molar-refractivity contribution in [3.8, 4) is 11.3 Å². The zero-order chi connectivity index (χ0) is 14.7. The Hall–Kier alpha value is -2.05. The number of anilines is 1. The van der Waals surface area contributed by atoms with Crippen molar-refractivity contribution in [2.75, 3.05) is 5.32 Å². The first kappa shape index (κ1) is 13.9. The maximum atomic E-state index is 12.4. The van der Waals surface area contributed by atoms with Crippen LogP contribution in [0.5, 0.6) is 0 Å². The first-order chi connectivity index (χ1) is 10.2. The first-order valence-electron chi connectivity index (χ1n) is 6.16. The van der Waals surface area contributed by atoms with Gasteiger partial charge in [-0.2, -0.15) is 0 Å². The average Bonchev–Trinajstić information content (AvgIpc) is 3.00. The molecule has 1 amide bonds. The van der Waals surface area contributed by atoms with Crippen molar-refractivity contribution in [3.05, 3.63) is 63.5 Å². The third-order valence-electron chi connectivity index (χ3n) is 2.79. The number of hydrogen-bond acceptors (Lipinski definition) is 4. The quantitative estimate of drug-likeness (QED) is 0.761. The minimum Gasteiger partial charge on any atom is -0.306 e. The van der Waals surface area contributed by atoms with E-state index >= 15 is 0 Å². The number of benzene rings is 1. The molecule has 0 radical (unpaired) electrons. The lowest BCUT2D eigenvalue weighted by molar-refractivity contribution is 0.103. The summed E-state index contributed by atoms with van der Waals surface area (Å²) in [6, 6.07) is 13.2. The number of carbonyl (C=O) groups excluding carboxylic acids is 1. The molecule has 0 unspecified atom stereocenters. The molecular formula is C15H10BrN3OS. The van der Waals surface area contributed by atoms with E-state index in [-0.39, 0.29) is 5.91 Å². The Kier molecular flexibility index (Phi) is 4.08. The number of amides is 1. The van der Waals surface area contributed by atoms with Gasteiger partial charge in [0.1, 0.15) is 10.7 Å². The standard InChI is InChI=1S/C15H10BrN3OS/c16-11-6-7-12(17-8-11)19-15(20)14-13(18-9-21-14)10-4-2-1-3-5-10/h1-9H,(H,17,19,20). The molecule has 0 saturated heterocycles. The van der Waals surface area contributed by atoms with Crippen LogP contribution < -0.4 is 5.32 Å². The molecule has 0 aliphatic carbocycles. The van der Waals surface area contributed by atoms with Gasteiger partial charge in [0.25, 0.3) is 5.91 Å². The van der Waals surface area contributed by atoms with Crippen LogP contribution in [0, 0.1) is 0 Å². The highest BCUT2D eigenvalue weighted by Gasteiger charge is 2.16. The van der Waals surface area contributed by atoms with Gasteiger partial charge in [-0.3, -0.25) is 4.79 Å². The van der Waals surface area contributed by atoms with Gasteiger partial charge in [0.2, 0.25) is 0 Å². The summed E-state index contributed by atoms with van der Waals surface area (Å²) < 4.78 is 0.864. The highest BCUT2D eigenvalue weighted by Crippen LogP contribution is 2.26. The Bertz CT molecular complexity index is 756. The van der Waals surface area contributed by atoms with E-state index in [0.717, 1.165) is 10.0 Å². The average molecular weight is 360 g/mol. The minimum atomic E-state index is -0.203. The molecule has 6 heteroatoms. The van der Waals surface area contributed by atoms with Crippen molar-refractivity contribution in [1.29, 1.82) is 0 Å². The van der Waals surface area contributed by atoms with Crippen LogP contribution in [0.1, 0.15) is 9.67 Å². The zero-order valence-electron chi connectivity index (χ0n) is 10.8. The lowest BCUT2D eigenvalue weighted by Gasteiger charge is -2.04. The number of nitrogens with one attached hydrogen (secondary N) is 1. The molecule has 2 heterocycles. The minimum absolute atomic E-state index is 0.203. The second-order valence-corrected chi connectivity index (χ2v) is 5.98. The van der Waals surface area contributed by atoms with Gasteiger partial charge in [-0.25, -0.2) is 9.97 Å². The number of nitrogens with zero attached hydrogens (tertiary/aromatic N) is 2. The topological polar surface area (TPSA) is 54.9 Å². The second kappa shape index (κ2) is 6.15. The van der Waals surface area contributed by atoms with E-state index in [1.54, 1.807) is 17.8 Å². The normalized spacial score (nSPS) is 10.3. The molecule has 3 aromatic rings. The molecule has 0 atom stereocenters. The maximum absolute atomic E-state index is 12.4. The number of rotatable bonds is 3. The largest absolute Gasteiger partial charge is 0.306 e. The lowest BCUT2D eigenvalue weighted by atomic mass is 10.1. The summed E-state index contributed by atoms with van der Waals surface area (Å²) in [6.07, 6.45) is 1.64. The Morgan fingerprint density at radius 3 is 2.62 bits per heavy atom. The predicted molar refractivity (Wildman–Crippen MR) is 87.4 cm³/mol. The molecule has 0 spiro atoms. The molecule has 0 saturated carbocycles. The van der Waals surface area contributed by atoms with Crippen molar-refractivity contribution >= 4 is 39.0 Å². The number of aromatic nitrogens is 2. The lowest BCUT2D eigenvalue weighted by Crippen LogP contribution is -2.12. The number of thiazole rings is 1. The van der Waals surface area contributed by atoms with E-state index in [2.05, 4.69) is 31.2 Å². The summed E-state index contributed by atoms with van der Waals surface area (Å²) in [4.78, 5) is 21.4. The summed E-state index contributed by atoms with van der Waals surface area (Å²) >= 11 is 4.62. The van der Waals surface area contributed by atoms with Crippen LogP contribution in [-0.4, -0.2) is 15.9 Å². The number of pyridine rings is 1. The molecule has 1 aromatic carbocycles. The molecule has 1 N–H and O–H groups in total. The Morgan fingerprint density at radius 1 is 1.10 bits per heavy atom. The van der Waals surface area contributed by atoms with Crippen molar-refractivity contribution in [2.45, 2.75) is 0 Å². The molecule has 21 heavy (non-hydrogen) atoms. The molecule has 104 valence electrons. The summed E-state index contributed by atoms with van der Waals surface area (Å²) in [5.74, 6) is 0.307. The number of carbonyl (C=O) groups is 1. The van der Waals surface area contributed by atoms with E-state index in [0.29, 0.717) is 16.4 Å². The van der Waals surface area contributed by atoms with Crippen LogP contribution in [0.25, 0.3) is 11.3 Å². The van der Waals surface area contributed by atoms with Gasteiger partial charge in [-0.15, -0.1) is 11.3 Å². The molecule has 2 aromatic heterocycles. The molecule has 0 aliphatic rings. The third-order valence-corrected chi connectivity index (χ3v) is 4.08. The first-order valence-corrected chi connectivity index (χ1v) is 7.83. The molecule has 0 aliphatic heterocycles. The molecule has 0 fully saturated rings. The fourth-order valence-electron chi connectivity index (χ4n) is 1.83.